The molecule has 1 aliphatic rings. The van der Waals surface area contributed by atoms with Gasteiger partial charge in [-0.3, -0.25) is 14.6 Å². The second-order valence-corrected chi connectivity index (χ2v) is 8.16. The number of ether oxygens (including phenoxy) is 1. The molecule has 0 amide bonds. The highest BCUT2D eigenvalue weighted by atomic mass is 19.4. The zero-order valence-electron chi connectivity index (χ0n) is 18.3. The minimum atomic E-state index is -4.34. The van der Waals surface area contributed by atoms with Gasteiger partial charge in [0.15, 0.2) is 0 Å². The number of aromatic nitrogens is 3. The molecule has 0 N–H and O–H groups in total. The zero-order valence-corrected chi connectivity index (χ0v) is 18.3. The molecular formula is C24H27F3N4O. The topological polar surface area (TPSA) is 43.2 Å². The Hall–Kier alpha value is -2.71. The highest BCUT2D eigenvalue weighted by Crippen LogP contribution is 2.30. The Morgan fingerprint density at radius 2 is 2.00 bits per heavy atom. The quantitative estimate of drug-likeness (QED) is 0.548. The number of nitrogens with zero attached hydrogens (tertiary/aromatic N) is 4. The van der Waals surface area contributed by atoms with Crippen LogP contribution in [0.1, 0.15) is 46.7 Å². The Balaban J connectivity index is 1.39. The van der Waals surface area contributed by atoms with Gasteiger partial charge in [0.2, 0.25) is 0 Å². The molecule has 0 radical (unpaired) electrons. The van der Waals surface area contributed by atoms with E-state index in [2.05, 4.69) is 28.1 Å². The van der Waals surface area contributed by atoms with Crippen molar-refractivity contribution in [1.29, 1.82) is 0 Å². The van der Waals surface area contributed by atoms with Crippen LogP contribution in [0.5, 0.6) is 0 Å². The monoisotopic (exact) mass is 444 g/mol. The summed E-state index contributed by atoms with van der Waals surface area (Å²) in [5.41, 5.74) is 3.95. The first kappa shape index (κ1) is 22.5. The minimum absolute atomic E-state index is 0.132. The fourth-order valence-electron chi connectivity index (χ4n) is 3.97. The summed E-state index contributed by atoms with van der Waals surface area (Å²) in [5.74, 6) is 0. The molecule has 1 saturated heterocycles. The van der Waals surface area contributed by atoms with E-state index in [1.54, 1.807) is 12.3 Å². The summed E-state index contributed by atoms with van der Waals surface area (Å²) in [7, 11) is 0. The number of benzene rings is 1. The molecule has 1 atom stereocenters. The predicted octanol–water partition coefficient (Wildman–Crippen LogP) is 4.79. The Kier molecular flexibility index (Phi) is 6.62. The van der Waals surface area contributed by atoms with Crippen molar-refractivity contribution in [2.75, 3.05) is 19.7 Å². The summed E-state index contributed by atoms with van der Waals surface area (Å²) in [6.07, 6.45) is -0.243. The number of pyridine rings is 1. The van der Waals surface area contributed by atoms with E-state index >= 15 is 0 Å². The first-order valence-corrected chi connectivity index (χ1v) is 10.8. The van der Waals surface area contributed by atoms with Crippen molar-refractivity contribution in [1.82, 2.24) is 19.7 Å². The van der Waals surface area contributed by atoms with Crippen LogP contribution in [0.3, 0.4) is 0 Å². The molecule has 4 rings (SSSR count). The molecule has 8 heteroatoms. The van der Waals surface area contributed by atoms with Crippen LogP contribution in [0.25, 0.3) is 0 Å². The van der Waals surface area contributed by atoms with Crippen LogP contribution in [-0.4, -0.2) is 39.4 Å². The number of morpholine rings is 1. The molecule has 3 aromatic rings. The van der Waals surface area contributed by atoms with Crippen LogP contribution in [0.4, 0.5) is 13.2 Å². The molecule has 1 aromatic carbocycles. The summed E-state index contributed by atoms with van der Waals surface area (Å²) in [5, 5.41) is 4.52. The van der Waals surface area contributed by atoms with Gasteiger partial charge in [0.25, 0.3) is 0 Å². The second kappa shape index (κ2) is 9.42. The van der Waals surface area contributed by atoms with Gasteiger partial charge in [0, 0.05) is 44.1 Å². The molecule has 170 valence electrons. The largest absolute Gasteiger partial charge is 0.416 e. The van der Waals surface area contributed by atoms with E-state index in [-0.39, 0.29) is 6.10 Å². The van der Waals surface area contributed by atoms with Crippen molar-refractivity contribution in [2.45, 2.75) is 45.6 Å². The normalized spacial score (nSPS) is 17.6. The van der Waals surface area contributed by atoms with Crippen LogP contribution < -0.4 is 0 Å². The minimum Gasteiger partial charge on any atom is -0.369 e. The predicted molar refractivity (Wildman–Crippen MR) is 115 cm³/mol. The second-order valence-electron chi connectivity index (χ2n) is 8.16. The molecule has 0 spiro atoms. The van der Waals surface area contributed by atoms with Gasteiger partial charge >= 0.3 is 6.18 Å². The maximum absolute atomic E-state index is 12.9. The third-order valence-electron chi connectivity index (χ3n) is 5.76. The van der Waals surface area contributed by atoms with Crippen molar-refractivity contribution < 1.29 is 17.9 Å². The lowest BCUT2D eigenvalue weighted by atomic mass is 10.0. The van der Waals surface area contributed by atoms with Crippen LogP contribution >= 0.6 is 0 Å². The fourth-order valence-corrected chi connectivity index (χ4v) is 3.97. The molecule has 3 heterocycles. The third kappa shape index (κ3) is 5.37. The molecule has 1 unspecified atom stereocenters. The van der Waals surface area contributed by atoms with E-state index in [0.29, 0.717) is 18.6 Å². The Morgan fingerprint density at radius 1 is 1.16 bits per heavy atom. The third-order valence-corrected chi connectivity index (χ3v) is 5.76. The molecule has 0 saturated carbocycles. The zero-order chi connectivity index (χ0) is 22.7. The first-order valence-electron chi connectivity index (χ1n) is 10.8. The molecule has 1 aliphatic heterocycles. The van der Waals surface area contributed by atoms with Crippen molar-refractivity contribution in [3.05, 3.63) is 82.4 Å². The standard InChI is InChI=1S/C24H27F3N4O/c1-3-31-15-20(17(2)29-31)14-30-9-10-32-23(16-30)22-8-7-19(13-28-22)11-18-5-4-6-21(12-18)24(25,26)27/h4-8,12-13,15,23H,3,9-11,14,16H2,1-2H3. The highest BCUT2D eigenvalue weighted by Gasteiger charge is 2.30. The number of aryl methyl sites for hydroxylation is 2. The van der Waals surface area contributed by atoms with Gasteiger partial charge in [0.05, 0.1) is 23.6 Å². The van der Waals surface area contributed by atoms with Crippen LogP contribution in [-0.2, 0) is 30.4 Å². The molecule has 1 fully saturated rings. The van der Waals surface area contributed by atoms with Crippen molar-refractivity contribution in [3.63, 3.8) is 0 Å². The van der Waals surface area contributed by atoms with Gasteiger partial charge in [0.1, 0.15) is 6.10 Å². The van der Waals surface area contributed by atoms with Crippen LogP contribution in [0.2, 0.25) is 0 Å². The first-order chi connectivity index (χ1) is 15.3. The Morgan fingerprint density at radius 3 is 2.69 bits per heavy atom. The molecule has 2 aromatic heterocycles. The highest BCUT2D eigenvalue weighted by molar-refractivity contribution is 5.30. The van der Waals surface area contributed by atoms with Gasteiger partial charge in [-0.15, -0.1) is 0 Å². The number of alkyl halides is 3. The van der Waals surface area contributed by atoms with E-state index in [4.69, 9.17) is 4.74 Å². The van der Waals surface area contributed by atoms with E-state index in [0.717, 1.165) is 49.2 Å². The van der Waals surface area contributed by atoms with Crippen LogP contribution in [0.15, 0.2) is 48.8 Å². The summed E-state index contributed by atoms with van der Waals surface area (Å²) >= 11 is 0. The number of hydrogen-bond acceptors (Lipinski definition) is 4. The smallest absolute Gasteiger partial charge is 0.369 e. The van der Waals surface area contributed by atoms with E-state index in [1.165, 1.54) is 17.7 Å². The summed E-state index contributed by atoms with van der Waals surface area (Å²) in [6, 6.07) is 9.26. The summed E-state index contributed by atoms with van der Waals surface area (Å²) < 4.78 is 46.7. The summed E-state index contributed by atoms with van der Waals surface area (Å²) in [4.78, 5) is 6.90. The number of halogens is 3. The SMILES string of the molecule is CCn1cc(CN2CCOC(c3ccc(Cc4cccc(C(F)(F)F)c4)cn3)C2)c(C)n1. The molecule has 0 bridgehead atoms. The summed E-state index contributed by atoms with van der Waals surface area (Å²) in [6.45, 7) is 7.98. The maximum atomic E-state index is 12.9. The maximum Gasteiger partial charge on any atom is 0.416 e. The molecule has 32 heavy (non-hydrogen) atoms. The number of rotatable bonds is 6. The average Bonchev–Trinajstić information content (AvgIpc) is 3.13. The van der Waals surface area contributed by atoms with Gasteiger partial charge in [-0.2, -0.15) is 18.3 Å². The lowest BCUT2D eigenvalue weighted by Crippen LogP contribution is -2.38. The fraction of sp³-hybridized carbons (Fsp3) is 0.417. The lowest BCUT2D eigenvalue weighted by Gasteiger charge is -2.32. The lowest BCUT2D eigenvalue weighted by molar-refractivity contribution is -0.137. The van der Waals surface area contributed by atoms with E-state index in [9.17, 15) is 13.2 Å². The molecule has 0 aliphatic carbocycles. The average molecular weight is 445 g/mol. The van der Waals surface area contributed by atoms with E-state index < -0.39 is 11.7 Å². The van der Waals surface area contributed by atoms with Gasteiger partial charge in [-0.1, -0.05) is 24.3 Å². The van der Waals surface area contributed by atoms with Gasteiger partial charge < -0.3 is 4.74 Å². The van der Waals surface area contributed by atoms with E-state index in [1.807, 2.05) is 23.7 Å². The van der Waals surface area contributed by atoms with Gasteiger partial charge in [-0.25, -0.2) is 0 Å². The van der Waals surface area contributed by atoms with Crippen molar-refractivity contribution in [3.8, 4) is 0 Å². The Bertz CT molecular complexity index is 1050. The Labute approximate surface area is 185 Å². The number of hydrogen-bond donors (Lipinski definition) is 0. The van der Waals surface area contributed by atoms with Crippen LogP contribution in [0, 0.1) is 6.92 Å². The molecule has 5 nitrogen and oxygen atoms in total. The van der Waals surface area contributed by atoms with Crippen molar-refractivity contribution in [2.24, 2.45) is 0 Å². The molecular weight excluding hydrogens is 417 g/mol. The van der Waals surface area contributed by atoms with Crippen molar-refractivity contribution >= 4 is 0 Å². The van der Waals surface area contributed by atoms with Gasteiger partial charge in [-0.05, 0) is 43.5 Å².